The first-order chi connectivity index (χ1) is 11.4. The molecule has 0 radical (unpaired) electrons. The first-order valence-corrected chi connectivity index (χ1v) is 10.3. The molecular weight excluding hydrogens is 324 g/mol. The third-order valence-electron chi connectivity index (χ3n) is 4.54. The fourth-order valence-electron chi connectivity index (χ4n) is 3.11. The van der Waals surface area contributed by atoms with E-state index in [9.17, 15) is 13.2 Å². The third kappa shape index (κ3) is 5.31. The highest BCUT2D eigenvalue weighted by Crippen LogP contribution is 2.19. The second-order valence-corrected chi connectivity index (χ2v) is 8.74. The Morgan fingerprint density at radius 1 is 1.38 bits per heavy atom. The molecule has 0 bridgehead atoms. The van der Waals surface area contributed by atoms with Gasteiger partial charge in [0.2, 0.25) is 15.9 Å². The molecule has 1 heterocycles. The zero-order valence-electron chi connectivity index (χ0n) is 14.6. The minimum Gasteiger partial charge on any atom is -0.356 e. The Bertz CT molecular complexity index is 658. The number of hydrogen-bond acceptors (Lipinski definition) is 3. The first-order valence-electron chi connectivity index (χ1n) is 8.73. The van der Waals surface area contributed by atoms with E-state index in [4.69, 9.17) is 0 Å². The van der Waals surface area contributed by atoms with Crippen LogP contribution in [0.1, 0.15) is 37.3 Å². The molecule has 1 saturated heterocycles. The quantitative estimate of drug-likeness (QED) is 0.764. The van der Waals surface area contributed by atoms with Gasteiger partial charge in [0.25, 0.3) is 0 Å². The van der Waals surface area contributed by atoms with Crippen LogP contribution in [0.5, 0.6) is 0 Å². The maximum absolute atomic E-state index is 12.3. The molecule has 0 aliphatic carbocycles. The molecular formula is C18H28N2O3S. The zero-order chi connectivity index (χ0) is 17.6. The van der Waals surface area contributed by atoms with Crippen molar-refractivity contribution in [2.45, 2.75) is 39.5 Å². The van der Waals surface area contributed by atoms with Crippen molar-refractivity contribution in [3.63, 3.8) is 0 Å². The molecule has 6 heteroatoms. The molecule has 24 heavy (non-hydrogen) atoms. The minimum atomic E-state index is -3.20. The van der Waals surface area contributed by atoms with E-state index in [1.807, 2.05) is 6.07 Å². The van der Waals surface area contributed by atoms with Crippen LogP contribution in [-0.4, -0.2) is 44.0 Å². The molecule has 0 aromatic heterocycles. The SMILES string of the molecule is CCS(=O)(=O)N1CCC[C@H](C(=O)NCCCc2cccc(C)c2)C1. The van der Waals surface area contributed by atoms with E-state index in [-0.39, 0.29) is 17.6 Å². The van der Waals surface area contributed by atoms with Crippen molar-refractivity contribution >= 4 is 15.9 Å². The summed E-state index contributed by atoms with van der Waals surface area (Å²) in [4.78, 5) is 12.3. The van der Waals surface area contributed by atoms with Crippen LogP contribution >= 0.6 is 0 Å². The normalized spacial score (nSPS) is 19.2. The minimum absolute atomic E-state index is 0.0183. The molecule has 1 atom stereocenters. The summed E-state index contributed by atoms with van der Waals surface area (Å²) in [6.45, 7) is 5.20. The molecule has 0 unspecified atom stereocenters. The molecule has 1 amide bonds. The summed E-state index contributed by atoms with van der Waals surface area (Å²) in [6, 6.07) is 8.39. The summed E-state index contributed by atoms with van der Waals surface area (Å²) in [5.74, 6) is -0.146. The Morgan fingerprint density at radius 3 is 2.88 bits per heavy atom. The number of carbonyl (C=O) groups is 1. The summed E-state index contributed by atoms with van der Waals surface area (Å²) in [5, 5.41) is 2.97. The van der Waals surface area contributed by atoms with Crippen molar-refractivity contribution in [3.05, 3.63) is 35.4 Å². The maximum atomic E-state index is 12.3. The van der Waals surface area contributed by atoms with E-state index in [1.54, 1.807) is 6.92 Å². The fourth-order valence-corrected chi connectivity index (χ4v) is 4.29. The predicted octanol–water partition coefficient (Wildman–Crippen LogP) is 2.11. The van der Waals surface area contributed by atoms with Crippen LogP contribution in [0.4, 0.5) is 0 Å². The summed E-state index contributed by atoms with van der Waals surface area (Å²) >= 11 is 0. The van der Waals surface area contributed by atoms with Crippen molar-refractivity contribution in [1.29, 1.82) is 0 Å². The number of nitrogens with zero attached hydrogens (tertiary/aromatic N) is 1. The average Bonchev–Trinajstić information content (AvgIpc) is 2.58. The predicted molar refractivity (Wildman–Crippen MR) is 96.3 cm³/mol. The Kier molecular flexibility index (Phi) is 6.80. The summed E-state index contributed by atoms with van der Waals surface area (Å²) in [6.07, 6.45) is 3.34. The van der Waals surface area contributed by atoms with Gasteiger partial charge in [0.1, 0.15) is 0 Å². The van der Waals surface area contributed by atoms with Crippen LogP contribution in [0, 0.1) is 12.8 Å². The Morgan fingerprint density at radius 2 is 2.17 bits per heavy atom. The first kappa shape index (κ1) is 18.9. The zero-order valence-corrected chi connectivity index (χ0v) is 15.4. The van der Waals surface area contributed by atoms with E-state index >= 15 is 0 Å². The van der Waals surface area contributed by atoms with Crippen molar-refractivity contribution in [2.24, 2.45) is 5.92 Å². The van der Waals surface area contributed by atoms with Crippen LogP contribution in [0.25, 0.3) is 0 Å². The highest BCUT2D eigenvalue weighted by Gasteiger charge is 2.31. The van der Waals surface area contributed by atoms with Gasteiger partial charge >= 0.3 is 0 Å². The van der Waals surface area contributed by atoms with Crippen molar-refractivity contribution in [2.75, 3.05) is 25.4 Å². The van der Waals surface area contributed by atoms with Crippen LogP contribution in [0.3, 0.4) is 0 Å². The number of carbonyl (C=O) groups excluding carboxylic acids is 1. The Balaban J connectivity index is 1.76. The second kappa shape index (κ2) is 8.62. The van der Waals surface area contributed by atoms with Gasteiger partial charge in [0.15, 0.2) is 0 Å². The smallest absolute Gasteiger partial charge is 0.224 e. The Labute approximate surface area is 145 Å². The topological polar surface area (TPSA) is 66.5 Å². The number of benzene rings is 1. The number of aryl methyl sites for hydroxylation is 2. The molecule has 134 valence electrons. The van der Waals surface area contributed by atoms with Gasteiger partial charge in [-0.3, -0.25) is 4.79 Å². The summed E-state index contributed by atoms with van der Waals surface area (Å²) < 4.78 is 25.4. The van der Waals surface area contributed by atoms with Crippen molar-refractivity contribution < 1.29 is 13.2 Å². The molecule has 0 spiro atoms. The lowest BCUT2D eigenvalue weighted by molar-refractivity contribution is -0.126. The largest absolute Gasteiger partial charge is 0.356 e. The van der Waals surface area contributed by atoms with Gasteiger partial charge in [0.05, 0.1) is 11.7 Å². The molecule has 2 rings (SSSR count). The monoisotopic (exact) mass is 352 g/mol. The van der Waals surface area contributed by atoms with Crippen LogP contribution in [-0.2, 0) is 21.2 Å². The van der Waals surface area contributed by atoms with Crippen molar-refractivity contribution in [3.8, 4) is 0 Å². The Hall–Kier alpha value is -1.40. The molecule has 0 saturated carbocycles. The third-order valence-corrected chi connectivity index (χ3v) is 6.39. The number of piperidine rings is 1. The molecule has 1 aromatic carbocycles. The molecule has 1 aliphatic rings. The number of amides is 1. The van der Waals surface area contributed by atoms with Gasteiger partial charge in [-0.1, -0.05) is 29.8 Å². The van der Waals surface area contributed by atoms with E-state index in [0.717, 1.165) is 25.7 Å². The highest BCUT2D eigenvalue weighted by atomic mass is 32.2. The molecule has 1 N–H and O–H groups in total. The van der Waals surface area contributed by atoms with Crippen LogP contribution < -0.4 is 5.32 Å². The van der Waals surface area contributed by atoms with Gasteiger partial charge in [-0.25, -0.2) is 12.7 Å². The maximum Gasteiger partial charge on any atom is 0.224 e. The number of hydrogen-bond donors (Lipinski definition) is 1. The van der Waals surface area contributed by atoms with Crippen LogP contribution in [0.2, 0.25) is 0 Å². The fraction of sp³-hybridized carbons (Fsp3) is 0.611. The lowest BCUT2D eigenvalue weighted by Crippen LogP contribution is -2.46. The van der Waals surface area contributed by atoms with E-state index in [2.05, 4.69) is 30.4 Å². The molecule has 1 aliphatic heterocycles. The number of sulfonamides is 1. The van der Waals surface area contributed by atoms with Crippen LogP contribution in [0.15, 0.2) is 24.3 Å². The summed E-state index contributed by atoms with van der Waals surface area (Å²) in [7, 11) is -3.20. The van der Waals surface area contributed by atoms with E-state index in [1.165, 1.54) is 15.4 Å². The lowest BCUT2D eigenvalue weighted by atomic mass is 9.98. The summed E-state index contributed by atoms with van der Waals surface area (Å²) in [5.41, 5.74) is 2.53. The molecule has 1 fully saturated rings. The average molecular weight is 353 g/mol. The van der Waals surface area contributed by atoms with Gasteiger partial charge in [-0.2, -0.15) is 0 Å². The van der Waals surface area contributed by atoms with Gasteiger partial charge in [-0.05, 0) is 45.1 Å². The number of rotatable bonds is 7. The van der Waals surface area contributed by atoms with E-state index < -0.39 is 10.0 Å². The van der Waals surface area contributed by atoms with Gasteiger partial charge in [-0.15, -0.1) is 0 Å². The lowest BCUT2D eigenvalue weighted by Gasteiger charge is -2.30. The standard InChI is InChI=1S/C18H28N2O3S/c1-3-24(22,23)20-12-6-10-17(14-20)18(21)19-11-5-9-16-8-4-7-15(2)13-16/h4,7-8,13,17H,3,5-6,9-12,14H2,1-2H3,(H,19,21)/t17-/m0/s1. The highest BCUT2D eigenvalue weighted by molar-refractivity contribution is 7.89. The van der Waals surface area contributed by atoms with Gasteiger partial charge < -0.3 is 5.32 Å². The van der Waals surface area contributed by atoms with Crippen molar-refractivity contribution in [1.82, 2.24) is 9.62 Å². The van der Waals surface area contributed by atoms with E-state index in [0.29, 0.717) is 19.6 Å². The van der Waals surface area contributed by atoms with Gasteiger partial charge in [0, 0.05) is 19.6 Å². The number of nitrogens with one attached hydrogen (secondary N) is 1. The molecule has 1 aromatic rings. The molecule has 5 nitrogen and oxygen atoms in total. The second-order valence-electron chi connectivity index (χ2n) is 6.48.